The van der Waals surface area contributed by atoms with E-state index in [4.69, 9.17) is 0 Å². The number of amides is 1. The smallest absolute Gasteiger partial charge is 0.227 e. The van der Waals surface area contributed by atoms with Crippen LogP contribution in [0.1, 0.15) is 12.7 Å². The molecule has 3 rings (SSSR count). The molecule has 1 atom stereocenters. The number of aryl methyl sites for hydroxylation is 1. The minimum Gasteiger partial charge on any atom is -0.326 e. The Labute approximate surface area is 134 Å². The lowest BCUT2D eigenvalue weighted by Gasteiger charge is -2.31. The van der Waals surface area contributed by atoms with Gasteiger partial charge in [-0.1, -0.05) is 13.0 Å². The molecule has 0 saturated carbocycles. The van der Waals surface area contributed by atoms with Crippen LogP contribution in [0.2, 0.25) is 0 Å². The van der Waals surface area contributed by atoms with Gasteiger partial charge in [-0.3, -0.25) is 4.79 Å². The fourth-order valence-electron chi connectivity index (χ4n) is 2.32. The molecule has 1 aliphatic heterocycles. The number of aromatic nitrogens is 4. The summed E-state index contributed by atoms with van der Waals surface area (Å²) in [5.74, 6) is 1.18. The molecule has 0 aliphatic carbocycles. The molecule has 0 bridgehead atoms. The molecule has 2 N–H and O–H groups in total. The Hall–Kier alpha value is -1.99. The predicted octanol–water partition coefficient (Wildman–Crippen LogP) is 1.19. The second-order valence-electron chi connectivity index (χ2n) is 5.38. The van der Waals surface area contributed by atoms with Gasteiger partial charge in [0.2, 0.25) is 5.91 Å². The summed E-state index contributed by atoms with van der Waals surface area (Å²) in [5, 5.41) is 17.6. The predicted molar refractivity (Wildman–Crippen MR) is 85.3 cm³/mol. The van der Waals surface area contributed by atoms with Crippen molar-refractivity contribution >= 4 is 24.0 Å². The number of hydrogen-bond acceptors (Lipinski definition) is 5. The highest BCUT2D eigenvalue weighted by Crippen LogP contribution is 2.20. The lowest BCUT2D eigenvalue weighted by molar-refractivity contribution is -0.121. The molecule has 22 heavy (non-hydrogen) atoms. The number of hydrogen-bond donors (Lipinski definition) is 2. The third kappa shape index (κ3) is 3.26. The molecule has 8 heteroatoms. The highest BCUT2D eigenvalue weighted by Gasteiger charge is 2.28. The molecule has 7 nitrogen and oxygen atoms in total. The van der Waals surface area contributed by atoms with E-state index in [2.05, 4.69) is 26.2 Å². The van der Waals surface area contributed by atoms with E-state index in [1.54, 1.807) is 4.68 Å². The Bertz CT molecular complexity index is 654. The van der Waals surface area contributed by atoms with Crippen LogP contribution in [0.3, 0.4) is 0 Å². The Morgan fingerprint density at radius 3 is 2.82 bits per heavy atom. The van der Waals surface area contributed by atoms with Gasteiger partial charge in [0, 0.05) is 11.6 Å². The van der Waals surface area contributed by atoms with Gasteiger partial charge in [-0.15, -0.1) is 17.5 Å². The van der Waals surface area contributed by atoms with E-state index >= 15 is 0 Å². The van der Waals surface area contributed by atoms with Gasteiger partial charge >= 0.3 is 0 Å². The molecule has 0 radical (unpaired) electrons. The molecule has 1 saturated heterocycles. The van der Waals surface area contributed by atoms with Gasteiger partial charge in [0.15, 0.2) is 5.82 Å². The molecule has 2 aromatic rings. The Balaban J connectivity index is 0.00000176. The number of nitrogens with one attached hydrogen (secondary N) is 2. The Kier molecular flexibility index (Phi) is 5.10. The number of carbonyl (C=O) groups is 1. The molecular weight excluding hydrogens is 304 g/mol. The average Bonchev–Trinajstić information content (AvgIpc) is 2.83. The summed E-state index contributed by atoms with van der Waals surface area (Å²) >= 11 is 0. The second kappa shape index (κ2) is 6.85. The molecule has 118 valence electrons. The highest BCUT2D eigenvalue weighted by molar-refractivity contribution is 5.92. The standard InChI is InChI=1S/C14H18N6O.ClH/c1-9(11-7-15-8-11)14(21)16-12-4-3-5-13(6-12)20-10(2)17-18-19-20;/h3-6,9,11,15H,7-8H2,1-2H3,(H,16,21);1H. The summed E-state index contributed by atoms with van der Waals surface area (Å²) in [7, 11) is 0. The summed E-state index contributed by atoms with van der Waals surface area (Å²) in [5.41, 5.74) is 1.58. The number of anilines is 1. The van der Waals surface area contributed by atoms with Crippen LogP contribution in [0, 0.1) is 18.8 Å². The minimum atomic E-state index is 0. The number of benzene rings is 1. The Morgan fingerprint density at radius 1 is 1.45 bits per heavy atom. The van der Waals surface area contributed by atoms with Crippen LogP contribution in [-0.4, -0.2) is 39.2 Å². The molecule has 1 fully saturated rings. The van der Waals surface area contributed by atoms with Crippen LogP contribution in [0.5, 0.6) is 0 Å². The van der Waals surface area contributed by atoms with Gasteiger partial charge in [-0.25, -0.2) is 0 Å². The van der Waals surface area contributed by atoms with Crippen molar-refractivity contribution in [2.75, 3.05) is 18.4 Å². The number of nitrogens with zero attached hydrogens (tertiary/aromatic N) is 4. The number of tetrazole rings is 1. The zero-order valence-corrected chi connectivity index (χ0v) is 13.3. The summed E-state index contributed by atoms with van der Waals surface area (Å²) in [6.07, 6.45) is 0. The molecule has 1 unspecified atom stereocenters. The maximum Gasteiger partial charge on any atom is 0.227 e. The summed E-state index contributed by atoms with van der Waals surface area (Å²) in [6, 6.07) is 7.51. The van der Waals surface area contributed by atoms with Crippen LogP contribution in [0.25, 0.3) is 5.69 Å². The van der Waals surface area contributed by atoms with Crippen LogP contribution >= 0.6 is 12.4 Å². The molecule has 2 heterocycles. The van der Waals surface area contributed by atoms with Gasteiger partial charge in [0.05, 0.1) is 5.69 Å². The second-order valence-corrected chi connectivity index (χ2v) is 5.38. The number of rotatable bonds is 4. The van der Waals surface area contributed by atoms with Crippen LogP contribution in [0.15, 0.2) is 24.3 Å². The minimum absolute atomic E-state index is 0. The highest BCUT2D eigenvalue weighted by atomic mass is 35.5. The number of carbonyl (C=O) groups excluding carboxylic acids is 1. The maximum atomic E-state index is 12.2. The average molecular weight is 323 g/mol. The third-order valence-corrected chi connectivity index (χ3v) is 3.92. The largest absolute Gasteiger partial charge is 0.326 e. The SMILES string of the molecule is Cc1nnnn1-c1cccc(NC(=O)C(C)C2CNC2)c1.Cl. The van der Waals surface area contributed by atoms with E-state index in [1.807, 2.05) is 38.1 Å². The first-order valence-electron chi connectivity index (χ1n) is 7.02. The lowest BCUT2D eigenvalue weighted by Crippen LogP contribution is -2.48. The van der Waals surface area contributed by atoms with E-state index < -0.39 is 0 Å². The maximum absolute atomic E-state index is 12.2. The fourth-order valence-corrected chi connectivity index (χ4v) is 2.32. The normalized spacial score (nSPS) is 15.5. The van der Waals surface area contributed by atoms with Crippen molar-refractivity contribution < 1.29 is 4.79 Å². The van der Waals surface area contributed by atoms with Crippen molar-refractivity contribution in [1.29, 1.82) is 0 Å². The van der Waals surface area contributed by atoms with Crippen molar-refractivity contribution in [3.05, 3.63) is 30.1 Å². The first-order valence-corrected chi connectivity index (χ1v) is 7.02. The number of halogens is 1. The first kappa shape index (κ1) is 16.4. The van der Waals surface area contributed by atoms with Crippen molar-refractivity contribution in [2.45, 2.75) is 13.8 Å². The van der Waals surface area contributed by atoms with E-state index in [9.17, 15) is 4.79 Å². The monoisotopic (exact) mass is 322 g/mol. The van der Waals surface area contributed by atoms with Gasteiger partial charge in [-0.2, -0.15) is 4.68 Å². The van der Waals surface area contributed by atoms with Crippen molar-refractivity contribution in [3.8, 4) is 5.69 Å². The van der Waals surface area contributed by atoms with Crippen LogP contribution in [-0.2, 0) is 4.79 Å². The molecule has 1 aromatic carbocycles. The molecule has 1 aliphatic rings. The summed E-state index contributed by atoms with van der Waals surface area (Å²) < 4.78 is 1.63. The first-order chi connectivity index (χ1) is 10.1. The van der Waals surface area contributed by atoms with Gasteiger partial charge < -0.3 is 10.6 Å². The van der Waals surface area contributed by atoms with Gasteiger partial charge in [0.1, 0.15) is 0 Å². The fraction of sp³-hybridized carbons (Fsp3) is 0.429. The zero-order valence-electron chi connectivity index (χ0n) is 12.5. The van der Waals surface area contributed by atoms with Gasteiger partial charge in [0.25, 0.3) is 0 Å². The molecular formula is C14H19ClN6O. The van der Waals surface area contributed by atoms with E-state index in [1.165, 1.54) is 0 Å². The quantitative estimate of drug-likeness (QED) is 0.883. The van der Waals surface area contributed by atoms with Crippen LogP contribution < -0.4 is 10.6 Å². The van der Waals surface area contributed by atoms with E-state index in [0.717, 1.165) is 24.5 Å². The lowest BCUT2D eigenvalue weighted by atomic mass is 9.88. The molecule has 1 aromatic heterocycles. The summed E-state index contributed by atoms with van der Waals surface area (Å²) in [4.78, 5) is 12.2. The van der Waals surface area contributed by atoms with Gasteiger partial charge in [-0.05, 0) is 54.6 Å². The van der Waals surface area contributed by atoms with Crippen molar-refractivity contribution in [2.24, 2.45) is 11.8 Å². The van der Waals surface area contributed by atoms with Crippen LogP contribution in [0.4, 0.5) is 5.69 Å². The Morgan fingerprint density at radius 2 is 2.23 bits per heavy atom. The molecule has 0 spiro atoms. The zero-order chi connectivity index (χ0) is 14.8. The van der Waals surface area contributed by atoms with E-state index in [0.29, 0.717) is 11.7 Å². The van der Waals surface area contributed by atoms with E-state index in [-0.39, 0.29) is 24.2 Å². The third-order valence-electron chi connectivity index (χ3n) is 3.92. The molecule has 1 amide bonds. The summed E-state index contributed by atoms with van der Waals surface area (Å²) in [6.45, 7) is 5.63. The van der Waals surface area contributed by atoms with Crippen molar-refractivity contribution in [1.82, 2.24) is 25.5 Å². The topological polar surface area (TPSA) is 84.7 Å². The van der Waals surface area contributed by atoms with Crippen molar-refractivity contribution in [3.63, 3.8) is 0 Å².